The quantitative estimate of drug-likeness (QED) is 0.0359. The fourth-order valence-corrected chi connectivity index (χ4v) is 7.37. The molecule has 50 heavy (non-hydrogen) atoms. The average Bonchev–Trinajstić information content (AvgIpc) is 3.12. The minimum Gasteiger partial charge on any atom is -0.466 e. The van der Waals surface area contributed by atoms with Crippen LogP contribution in [0.4, 0.5) is 0 Å². The summed E-state index contributed by atoms with van der Waals surface area (Å²) in [5, 5.41) is 0. The maximum Gasteiger partial charge on any atom is 0.305 e. The van der Waals surface area contributed by atoms with E-state index in [2.05, 4.69) is 26.0 Å². The molecule has 0 aromatic rings. The third kappa shape index (κ3) is 45.2. The van der Waals surface area contributed by atoms with Crippen molar-refractivity contribution in [2.24, 2.45) is 0 Å². The molecule has 0 fully saturated rings. The molecule has 0 aromatic carbocycles. The Bertz CT molecular complexity index is 640. The number of allylic oxidation sites excluding steroid dienone is 2. The fraction of sp³-hybridized carbons (Fsp3) is 0.938. The van der Waals surface area contributed by atoms with Crippen molar-refractivity contribution in [3.8, 4) is 0 Å². The van der Waals surface area contributed by atoms with Gasteiger partial charge in [-0.3, -0.25) is 4.79 Å². The van der Waals surface area contributed by atoms with E-state index in [1.54, 1.807) is 0 Å². The van der Waals surface area contributed by atoms with E-state index in [0.717, 1.165) is 12.8 Å². The number of hydrogen-bond acceptors (Lipinski definition) is 2. The van der Waals surface area contributed by atoms with Gasteiger partial charge in [-0.25, -0.2) is 0 Å². The minimum absolute atomic E-state index is 0.0253. The first kappa shape index (κ1) is 49.2. The first-order chi connectivity index (χ1) is 24.8. The second kappa shape index (κ2) is 46.2. The molecule has 2 nitrogen and oxygen atoms in total. The Labute approximate surface area is 316 Å². The summed E-state index contributed by atoms with van der Waals surface area (Å²) < 4.78 is 5.48. The zero-order valence-corrected chi connectivity index (χ0v) is 34.9. The molecule has 0 aliphatic rings. The average molecular weight is 703 g/mol. The predicted octanol–water partition coefficient (Wildman–Crippen LogP) is 17.5. The van der Waals surface area contributed by atoms with E-state index in [1.807, 2.05) is 0 Å². The van der Waals surface area contributed by atoms with Crippen molar-refractivity contribution >= 4 is 5.97 Å². The molecule has 0 spiro atoms. The van der Waals surface area contributed by atoms with Crippen molar-refractivity contribution in [1.82, 2.24) is 0 Å². The van der Waals surface area contributed by atoms with Crippen molar-refractivity contribution < 1.29 is 9.53 Å². The number of carbonyl (C=O) groups excluding carboxylic acids is 1. The topological polar surface area (TPSA) is 26.3 Å². The van der Waals surface area contributed by atoms with E-state index in [0.29, 0.717) is 13.0 Å². The molecule has 0 N–H and O–H groups in total. The highest BCUT2D eigenvalue weighted by molar-refractivity contribution is 5.69. The number of esters is 1. The van der Waals surface area contributed by atoms with Crippen molar-refractivity contribution in [3.63, 3.8) is 0 Å². The lowest BCUT2D eigenvalue weighted by atomic mass is 10.0. The Balaban J connectivity index is 3.16. The summed E-state index contributed by atoms with van der Waals surface area (Å²) in [5.41, 5.74) is 0. The SMILES string of the molecule is CCCCCCCCC=CCCCCCCCCCC(=O)OCCCCCCCCCCCCCCCCCCCCCCCCCCCC. The first-order valence-electron chi connectivity index (χ1n) is 23.6. The normalized spacial score (nSPS) is 11.6. The number of unbranched alkanes of at least 4 members (excludes halogenated alkanes) is 38. The molecule has 0 rings (SSSR count). The second-order valence-corrected chi connectivity index (χ2v) is 16.1. The first-order valence-corrected chi connectivity index (χ1v) is 23.6. The molecule has 0 aliphatic carbocycles. The Morgan fingerprint density at radius 3 is 0.860 bits per heavy atom. The minimum atomic E-state index is 0.0253. The Morgan fingerprint density at radius 1 is 0.320 bits per heavy atom. The summed E-state index contributed by atoms with van der Waals surface area (Å²) in [6.07, 6.45) is 61.9. The van der Waals surface area contributed by atoms with Gasteiger partial charge >= 0.3 is 5.97 Å². The molecule has 2 heteroatoms. The van der Waals surface area contributed by atoms with E-state index in [1.165, 1.54) is 250 Å². The maximum absolute atomic E-state index is 12.0. The molecule has 0 unspecified atom stereocenters. The van der Waals surface area contributed by atoms with Gasteiger partial charge in [-0.05, 0) is 38.5 Å². The lowest BCUT2D eigenvalue weighted by molar-refractivity contribution is -0.143. The van der Waals surface area contributed by atoms with Crippen LogP contribution in [0.5, 0.6) is 0 Å². The van der Waals surface area contributed by atoms with Gasteiger partial charge in [-0.15, -0.1) is 0 Å². The number of hydrogen-bond donors (Lipinski definition) is 0. The van der Waals surface area contributed by atoms with Crippen molar-refractivity contribution in [2.75, 3.05) is 6.61 Å². The summed E-state index contributed by atoms with van der Waals surface area (Å²) in [6.45, 7) is 5.22. The highest BCUT2D eigenvalue weighted by Gasteiger charge is 2.03. The van der Waals surface area contributed by atoms with Crippen LogP contribution < -0.4 is 0 Å². The standard InChI is InChI=1S/C48H94O2/c1-3-5-7-9-11-13-15-17-19-21-22-23-24-25-26-27-28-29-31-33-35-37-39-41-43-45-47-50-48(49)46-44-42-40-38-36-34-32-30-20-18-16-14-12-10-8-6-4-2/h18,20H,3-17,19,21-47H2,1-2H3. The molecular weight excluding hydrogens is 609 g/mol. The molecule has 0 saturated carbocycles. The van der Waals surface area contributed by atoms with Crippen LogP contribution >= 0.6 is 0 Å². The van der Waals surface area contributed by atoms with Gasteiger partial charge in [-0.1, -0.05) is 251 Å². The van der Waals surface area contributed by atoms with Crippen LogP contribution in [0.2, 0.25) is 0 Å². The zero-order valence-electron chi connectivity index (χ0n) is 34.9. The Hall–Kier alpha value is -0.790. The van der Waals surface area contributed by atoms with Gasteiger partial charge < -0.3 is 4.74 Å². The van der Waals surface area contributed by atoms with E-state index < -0.39 is 0 Å². The molecule has 0 bridgehead atoms. The zero-order chi connectivity index (χ0) is 36.1. The summed E-state index contributed by atoms with van der Waals surface area (Å²) in [5.74, 6) is 0.0253. The van der Waals surface area contributed by atoms with Crippen LogP contribution in [-0.2, 0) is 9.53 Å². The van der Waals surface area contributed by atoms with Crippen LogP contribution in [0.1, 0.15) is 284 Å². The smallest absolute Gasteiger partial charge is 0.305 e. The molecule has 298 valence electrons. The van der Waals surface area contributed by atoms with Crippen LogP contribution in [-0.4, -0.2) is 12.6 Å². The van der Waals surface area contributed by atoms with Crippen molar-refractivity contribution in [3.05, 3.63) is 12.2 Å². The highest BCUT2D eigenvalue weighted by Crippen LogP contribution is 2.17. The maximum atomic E-state index is 12.0. The van der Waals surface area contributed by atoms with E-state index in [-0.39, 0.29) is 5.97 Å². The molecule has 0 aromatic heterocycles. The summed E-state index contributed by atoms with van der Waals surface area (Å²) in [6, 6.07) is 0. The van der Waals surface area contributed by atoms with Gasteiger partial charge in [0.15, 0.2) is 0 Å². The third-order valence-electron chi connectivity index (χ3n) is 10.9. The molecular formula is C48H94O2. The van der Waals surface area contributed by atoms with Crippen LogP contribution in [0.25, 0.3) is 0 Å². The summed E-state index contributed by atoms with van der Waals surface area (Å²) >= 11 is 0. The number of rotatable bonds is 44. The highest BCUT2D eigenvalue weighted by atomic mass is 16.5. The van der Waals surface area contributed by atoms with Gasteiger partial charge in [0.25, 0.3) is 0 Å². The molecule has 0 aliphatic heterocycles. The summed E-state index contributed by atoms with van der Waals surface area (Å²) in [7, 11) is 0. The Kier molecular flexibility index (Phi) is 45.5. The van der Waals surface area contributed by atoms with E-state index in [4.69, 9.17) is 4.74 Å². The lowest BCUT2D eigenvalue weighted by Gasteiger charge is -2.06. The Morgan fingerprint density at radius 2 is 0.560 bits per heavy atom. The van der Waals surface area contributed by atoms with Crippen LogP contribution in [0, 0.1) is 0 Å². The molecule has 0 saturated heterocycles. The third-order valence-corrected chi connectivity index (χ3v) is 10.9. The number of carbonyl (C=O) groups is 1. The van der Waals surface area contributed by atoms with Gasteiger partial charge in [0.1, 0.15) is 0 Å². The molecule has 0 heterocycles. The van der Waals surface area contributed by atoms with Crippen molar-refractivity contribution in [1.29, 1.82) is 0 Å². The monoisotopic (exact) mass is 703 g/mol. The molecule has 0 radical (unpaired) electrons. The van der Waals surface area contributed by atoms with Gasteiger partial charge in [0, 0.05) is 6.42 Å². The van der Waals surface area contributed by atoms with Gasteiger partial charge in [0.05, 0.1) is 6.61 Å². The predicted molar refractivity (Wildman–Crippen MR) is 225 cm³/mol. The van der Waals surface area contributed by atoms with Gasteiger partial charge in [-0.2, -0.15) is 0 Å². The fourth-order valence-electron chi connectivity index (χ4n) is 7.37. The number of ether oxygens (including phenoxy) is 1. The molecule has 0 amide bonds. The second-order valence-electron chi connectivity index (χ2n) is 16.1. The van der Waals surface area contributed by atoms with Crippen LogP contribution in [0.3, 0.4) is 0 Å². The van der Waals surface area contributed by atoms with Crippen molar-refractivity contribution in [2.45, 2.75) is 284 Å². The van der Waals surface area contributed by atoms with Gasteiger partial charge in [0.2, 0.25) is 0 Å². The van der Waals surface area contributed by atoms with E-state index >= 15 is 0 Å². The van der Waals surface area contributed by atoms with Crippen LogP contribution in [0.15, 0.2) is 12.2 Å². The largest absolute Gasteiger partial charge is 0.466 e. The van der Waals surface area contributed by atoms with E-state index in [9.17, 15) is 4.79 Å². The lowest BCUT2D eigenvalue weighted by Crippen LogP contribution is -2.05. The summed E-state index contributed by atoms with van der Waals surface area (Å²) in [4.78, 5) is 12.0. The molecule has 0 atom stereocenters.